The highest BCUT2D eigenvalue weighted by Gasteiger charge is 2.14. The van der Waals surface area contributed by atoms with Crippen LogP contribution in [-0.2, 0) is 0 Å². The molecule has 0 aliphatic carbocycles. The summed E-state index contributed by atoms with van der Waals surface area (Å²) in [6.45, 7) is 3.49. The zero-order valence-corrected chi connectivity index (χ0v) is 10.7. The zero-order chi connectivity index (χ0) is 13.0. The summed E-state index contributed by atoms with van der Waals surface area (Å²) < 4.78 is 0. The number of piperidine rings is 1. The first kappa shape index (κ1) is 12.9. The van der Waals surface area contributed by atoms with Gasteiger partial charge in [-0.3, -0.25) is 4.79 Å². The number of amides is 1. The molecule has 4 heteroatoms. The van der Waals surface area contributed by atoms with Gasteiger partial charge in [0, 0.05) is 18.2 Å². The molecule has 1 atom stereocenters. The van der Waals surface area contributed by atoms with Gasteiger partial charge in [0.25, 0.3) is 5.91 Å². The standard InChI is InChI=1S/C14H20N2O2/c1-10-8-11(5-6-13(10)17)14(18)16-9-12-4-2-3-7-15-12/h5-6,8,12,15,17H,2-4,7,9H2,1H3,(H,16,18). The summed E-state index contributed by atoms with van der Waals surface area (Å²) in [6.07, 6.45) is 3.57. The van der Waals surface area contributed by atoms with Crippen molar-refractivity contribution in [2.45, 2.75) is 32.2 Å². The third-order valence-electron chi connectivity index (χ3n) is 3.38. The van der Waals surface area contributed by atoms with Gasteiger partial charge in [0.2, 0.25) is 0 Å². The van der Waals surface area contributed by atoms with Crippen molar-refractivity contribution in [1.29, 1.82) is 0 Å². The van der Waals surface area contributed by atoms with E-state index in [4.69, 9.17) is 0 Å². The molecule has 18 heavy (non-hydrogen) atoms. The molecule has 0 bridgehead atoms. The number of aryl methyl sites for hydroxylation is 1. The maximum Gasteiger partial charge on any atom is 0.251 e. The monoisotopic (exact) mass is 248 g/mol. The summed E-state index contributed by atoms with van der Waals surface area (Å²) in [5, 5.41) is 15.7. The highest BCUT2D eigenvalue weighted by Crippen LogP contribution is 2.16. The van der Waals surface area contributed by atoms with E-state index in [9.17, 15) is 9.90 Å². The van der Waals surface area contributed by atoms with Gasteiger partial charge in [-0.1, -0.05) is 6.42 Å². The number of phenols is 1. The van der Waals surface area contributed by atoms with E-state index >= 15 is 0 Å². The SMILES string of the molecule is Cc1cc(C(=O)NCC2CCCCN2)ccc1O. The van der Waals surface area contributed by atoms with E-state index in [0.29, 0.717) is 18.2 Å². The molecule has 0 aromatic heterocycles. The van der Waals surface area contributed by atoms with E-state index in [1.165, 1.54) is 12.8 Å². The lowest BCUT2D eigenvalue weighted by Crippen LogP contribution is -2.43. The molecule has 3 N–H and O–H groups in total. The Bertz CT molecular complexity index is 426. The number of hydrogen-bond acceptors (Lipinski definition) is 3. The van der Waals surface area contributed by atoms with Crippen LogP contribution in [0.1, 0.15) is 35.2 Å². The molecule has 0 radical (unpaired) electrons. The number of hydrogen-bond donors (Lipinski definition) is 3. The topological polar surface area (TPSA) is 61.4 Å². The van der Waals surface area contributed by atoms with Crippen molar-refractivity contribution >= 4 is 5.91 Å². The number of aromatic hydroxyl groups is 1. The van der Waals surface area contributed by atoms with Gasteiger partial charge in [-0.15, -0.1) is 0 Å². The van der Waals surface area contributed by atoms with Crippen molar-refractivity contribution in [3.63, 3.8) is 0 Å². The Balaban J connectivity index is 1.88. The van der Waals surface area contributed by atoms with Crippen LogP contribution in [0.2, 0.25) is 0 Å². The predicted octanol–water partition coefficient (Wildman–Crippen LogP) is 1.57. The second kappa shape index (κ2) is 5.87. The Labute approximate surface area is 107 Å². The Morgan fingerprint density at radius 3 is 3.00 bits per heavy atom. The number of benzene rings is 1. The van der Waals surface area contributed by atoms with E-state index in [2.05, 4.69) is 10.6 Å². The largest absolute Gasteiger partial charge is 0.508 e. The number of carbonyl (C=O) groups is 1. The van der Waals surface area contributed by atoms with Gasteiger partial charge >= 0.3 is 0 Å². The minimum Gasteiger partial charge on any atom is -0.508 e. The maximum atomic E-state index is 11.9. The molecule has 2 rings (SSSR count). The molecule has 1 aromatic rings. The van der Waals surface area contributed by atoms with Crippen LogP contribution in [0.4, 0.5) is 0 Å². The summed E-state index contributed by atoms with van der Waals surface area (Å²) in [4.78, 5) is 11.9. The molecule has 0 saturated carbocycles. The third kappa shape index (κ3) is 3.23. The lowest BCUT2D eigenvalue weighted by Gasteiger charge is -2.23. The van der Waals surface area contributed by atoms with Crippen LogP contribution in [0.15, 0.2) is 18.2 Å². The van der Waals surface area contributed by atoms with Crippen LogP contribution in [0.3, 0.4) is 0 Å². The molecular weight excluding hydrogens is 228 g/mol. The van der Waals surface area contributed by atoms with Gasteiger partial charge in [-0.25, -0.2) is 0 Å². The lowest BCUT2D eigenvalue weighted by atomic mass is 10.0. The van der Waals surface area contributed by atoms with Crippen molar-refractivity contribution in [1.82, 2.24) is 10.6 Å². The number of phenolic OH excluding ortho intramolecular Hbond substituents is 1. The van der Waals surface area contributed by atoms with Crippen molar-refractivity contribution in [2.24, 2.45) is 0 Å². The molecular formula is C14H20N2O2. The Morgan fingerprint density at radius 1 is 1.50 bits per heavy atom. The van der Waals surface area contributed by atoms with Gasteiger partial charge in [0.1, 0.15) is 5.75 Å². The summed E-state index contributed by atoms with van der Waals surface area (Å²) in [6, 6.07) is 5.30. The first-order valence-electron chi connectivity index (χ1n) is 6.48. The predicted molar refractivity (Wildman–Crippen MR) is 70.8 cm³/mol. The highest BCUT2D eigenvalue weighted by atomic mass is 16.3. The lowest BCUT2D eigenvalue weighted by molar-refractivity contribution is 0.0947. The molecule has 4 nitrogen and oxygen atoms in total. The van der Waals surface area contributed by atoms with Crippen molar-refractivity contribution in [3.8, 4) is 5.75 Å². The van der Waals surface area contributed by atoms with Gasteiger partial charge in [0.05, 0.1) is 0 Å². The number of rotatable bonds is 3. The third-order valence-corrected chi connectivity index (χ3v) is 3.38. The minimum atomic E-state index is -0.0783. The fourth-order valence-electron chi connectivity index (χ4n) is 2.21. The van der Waals surface area contributed by atoms with E-state index in [-0.39, 0.29) is 11.7 Å². The second-order valence-electron chi connectivity index (χ2n) is 4.86. The molecule has 1 fully saturated rings. The van der Waals surface area contributed by atoms with Crippen LogP contribution < -0.4 is 10.6 Å². The maximum absolute atomic E-state index is 11.9. The Kier molecular flexibility index (Phi) is 4.20. The molecule has 1 aromatic carbocycles. The van der Waals surface area contributed by atoms with Crippen LogP contribution in [-0.4, -0.2) is 30.1 Å². The summed E-state index contributed by atoms with van der Waals surface area (Å²) in [5.74, 6) is 0.144. The molecule has 1 aliphatic rings. The summed E-state index contributed by atoms with van der Waals surface area (Å²) in [5.41, 5.74) is 1.32. The van der Waals surface area contributed by atoms with Crippen molar-refractivity contribution < 1.29 is 9.90 Å². The summed E-state index contributed by atoms with van der Waals surface area (Å²) >= 11 is 0. The van der Waals surface area contributed by atoms with Gasteiger partial charge in [-0.05, 0) is 50.1 Å². The normalized spacial score (nSPS) is 19.5. The Hall–Kier alpha value is -1.55. The van der Waals surface area contributed by atoms with E-state index in [1.807, 2.05) is 0 Å². The fourth-order valence-corrected chi connectivity index (χ4v) is 2.21. The first-order valence-corrected chi connectivity index (χ1v) is 6.48. The first-order chi connectivity index (χ1) is 8.66. The number of nitrogens with one attached hydrogen (secondary N) is 2. The number of carbonyl (C=O) groups excluding carboxylic acids is 1. The van der Waals surface area contributed by atoms with Crippen LogP contribution in [0, 0.1) is 6.92 Å². The van der Waals surface area contributed by atoms with Gasteiger partial charge in [-0.2, -0.15) is 0 Å². The van der Waals surface area contributed by atoms with Crippen LogP contribution in [0.25, 0.3) is 0 Å². The van der Waals surface area contributed by atoms with E-state index in [1.54, 1.807) is 25.1 Å². The quantitative estimate of drug-likeness (QED) is 0.761. The van der Waals surface area contributed by atoms with E-state index in [0.717, 1.165) is 18.5 Å². The molecule has 1 heterocycles. The molecule has 1 amide bonds. The van der Waals surface area contributed by atoms with E-state index < -0.39 is 0 Å². The van der Waals surface area contributed by atoms with Crippen LogP contribution in [0.5, 0.6) is 5.75 Å². The zero-order valence-electron chi connectivity index (χ0n) is 10.7. The average molecular weight is 248 g/mol. The molecule has 0 spiro atoms. The average Bonchev–Trinajstić information content (AvgIpc) is 2.40. The molecule has 1 aliphatic heterocycles. The molecule has 1 saturated heterocycles. The van der Waals surface area contributed by atoms with Crippen LogP contribution >= 0.6 is 0 Å². The molecule has 98 valence electrons. The van der Waals surface area contributed by atoms with Gasteiger partial charge < -0.3 is 15.7 Å². The fraction of sp³-hybridized carbons (Fsp3) is 0.500. The van der Waals surface area contributed by atoms with Crippen molar-refractivity contribution in [2.75, 3.05) is 13.1 Å². The minimum absolute atomic E-state index is 0.0783. The van der Waals surface area contributed by atoms with Gasteiger partial charge in [0.15, 0.2) is 0 Å². The van der Waals surface area contributed by atoms with Crippen molar-refractivity contribution in [3.05, 3.63) is 29.3 Å². The smallest absolute Gasteiger partial charge is 0.251 e. The summed E-state index contributed by atoms with van der Waals surface area (Å²) in [7, 11) is 0. The second-order valence-corrected chi connectivity index (χ2v) is 4.86. The Morgan fingerprint density at radius 2 is 2.33 bits per heavy atom. The highest BCUT2D eigenvalue weighted by molar-refractivity contribution is 5.94. The molecule has 1 unspecified atom stereocenters.